The molecule has 3 aromatic rings. The summed E-state index contributed by atoms with van der Waals surface area (Å²) in [5, 5.41) is 21.3. The van der Waals surface area contributed by atoms with Gasteiger partial charge >= 0.3 is 0 Å². The Hall–Kier alpha value is -2.76. The van der Waals surface area contributed by atoms with Crippen molar-refractivity contribution < 1.29 is 4.74 Å². The quantitative estimate of drug-likeness (QED) is 0.645. The number of nitrogens with one attached hydrogen (secondary N) is 2. The summed E-state index contributed by atoms with van der Waals surface area (Å²) in [6, 6.07) is 19.3. The SMILES string of the molecule is N=C(c1ccccc1)c1c(NC2CCOC2)nnc(-c2ccccc2)c1Cl. The van der Waals surface area contributed by atoms with Crippen LogP contribution in [0.4, 0.5) is 5.82 Å². The van der Waals surface area contributed by atoms with Crippen molar-refractivity contribution in [3.05, 3.63) is 76.8 Å². The van der Waals surface area contributed by atoms with Crippen LogP contribution in [0.5, 0.6) is 0 Å². The maximum atomic E-state index is 8.76. The van der Waals surface area contributed by atoms with E-state index < -0.39 is 0 Å². The van der Waals surface area contributed by atoms with Crippen LogP contribution >= 0.6 is 11.6 Å². The maximum absolute atomic E-state index is 8.76. The van der Waals surface area contributed by atoms with Crippen molar-refractivity contribution in [3.63, 3.8) is 0 Å². The Kier molecular flexibility index (Phi) is 5.14. The molecule has 2 aromatic carbocycles. The average molecular weight is 379 g/mol. The highest BCUT2D eigenvalue weighted by molar-refractivity contribution is 6.38. The molecule has 4 rings (SSSR count). The fraction of sp³-hybridized carbons (Fsp3) is 0.190. The molecule has 136 valence electrons. The molecule has 2 heterocycles. The lowest BCUT2D eigenvalue weighted by Crippen LogP contribution is -2.22. The van der Waals surface area contributed by atoms with Crippen LogP contribution in [0.25, 0.3) is 11.3 Å². The third-order valence-corrected chi connectivity index (χ3v) is 4.91. The highest BCUT2D eigenvalue weighted by Crippen LogP contribution is 2.33. The highest BCUT2D eigenvalue weighted by Gasteiger charge is 2.24. The minimum absolute atomic E-state index is 0.139. The van der Waals surface area contributed by atoms with Gasteiger partial charge in [0.05, 0.1) is 28.9 Å². The van der Waals surface area contributed by atoms with E-state index in [1.54, 1.807) is 0 Å². The minimum atomic E-state index is 0.139. The fourth-order valence-corrected chi connectivity index (χ4v) is 3.45. The van der Waals surface area contributed by atoms with Gasteiger partial charge in [0.2, 0.25) is 0 Å². The van der Waals surface area contributed by atoms with Gasteiger partial charge in [0, 0.05) is 17.7 Å². The third kappa shape index (κ3) is 3.70. The Morgan fingerprint density at radius 2 is 1.74 bits per heavy atom. The number of rotatable bonds is 5. The van der Waals surface area contributed by atoms with Crippen LogP contribution in [0.3, 0.4) is 0 Å². The molecule has 0 aliphatic carbocycles. The van der Waals surface area contributed by atoms with Crippen LogP contribution < -0.4 is 5.32 Å². The van der Waals surface area contributed by atoms with Gasteiger partial charge in [0.25, 0.3) is 0 Å². The molecular weight excluding hydrogens is 360 g/mol. The molecule has 1 saturated heterocycles. The molecule has 0 spiro atoms. The van der Waals surface area contributed by atoms with E-state index in [0.717, 1.165) is 17.5 Å². The second kappa shape index (κ2) is 7.86. The van der Waals surface area contributed by atoms with Gasteiger partial charge in [0.15, 0.2) is 5.82 Å². The van der Waals surface area contributed by atoms with Gasteiger partial charge in [-0.3, -0.25) is 5.41 Å². The van der Waals surface area contributed by atoms with Gasteiger partial charge in [-0.2, -0.15) is 0 Å². The van der Waals surface area contributed by atoms with E-state index in [0.29, 0.717) is 41.0 Å². The van der Waals surface area contributed by atoms with Crippen molar-refractivity contribution >= 4 is 23.1 Å². The van der Waals surface area contributed by atoms with Crippen molar-refractivity contribution in [1.82, 2.24) is 10.2 Å². The van der Waals surface area contributed by atoms with Crippen LogP contribution in [0, 0.1) is 5.41 Å². The van der Waals surface area contributed by atoms with E-state index in [1.807, 2.05) is 60.7 Å². The molecule has 5 nitrogen and oxygen atoms in total. The van der Waals surface area contributed by atoms with Crippen LogP contribution in [-0.4, -0.2) is 35.2 Å². The van der Waals surface area contributed by atoms with Crippen molar-refractivity contribution in [1.29, 1.82) is 5.41 Å². The summed E-state index contributed by atoms with van der Waals surface area (Å²) in [6.07, 6.45) is 0.887. The van der Waals surface area contributed by atoms with E-state index in [1.165, 1.54) is 0 Å². The first-order valence-electron chi connectivity index (χ1n) is 8.84. The molecule has 0 bridgehead atoms. The normalized spacial score (nSPS) is 16.3. The van der Waals surface area contributed by atoms with E-state index in [2.05, 4.69) is 15.5 Å². The largest absolute Gasteiger partial charge is 0.379 e. The van der Waals surface area contributed by atoms with E-state index in [4.69, 9.17) is 21.7 Å². The maximum Gasteiger partial charge on any atom is 0.160 e. The Balaban J connectivity index is 1.81. The van der Waals surface area contributed by atoms with Crippen molar-refractivity contribution in [2.24, 2.45) is 0 Å². The summed E-state index contributed by atoms with van der Waals surface area (Å²) in [5.41, 5.74) is 3.09. The first-order chi connectivity index (χ1) is 13.2. The van der Waals surface area contributed by atoms with Gasteiger partial charge in [0.1, 0.15) is 5.69 Å². The summed E-state index contributed by atoms with van der Waals surface area (Å²) in [5.74, 6) is 0.518. The molecular formula is C21H19ClN4O. The number of hydrogen-bond acceptors (Lipinski definition) is 5. The zero-order chi connectivity index (χ0) is 18.6. The number of benzene rings is 2. The van der Waals surface area contributed by atoms with Gasteiger partial charge in [-0.05, 0) is 6.42 Å². The molecule has 1 unspecified atom stereocenters. The van der Waals surface area contributed by atoms with Crippen LogP contribution in [-0.2, 0) is 4.74 Å². The minimum Gasteiger partial charge on any atom is -0.379 e. The number of nitrogens with zero attached hydrogens (tertiary/aromatic N) is 2. The zero-order valence-corrected chi connectivity index (χ0v) is 15.4. The molecule has 0 saturated carbocycles. The highest BCUT2D eigenvalue weighted by atomic mass is 35.5. The second-order valence-corrected chi connectivity index (χ2v) is 6.78. The monoisotopic (exact) mass is 378 g/mol. The summed E-state index contributed by atoms with van der Waals surface area (Å²) >= 11 is 6.76. The smallest absolute Gasteiger partial charge is 0.160 e. The molecule has 27 heavy (non-hydrogen) atoms. The van der Waals surface area contributed by atoms with E-state index >= 15 is 0 Å². The number of halogens is 1. The molecule has 0 radical (unpaired) electrons. The standard InChI is InChI=1S/C21H19ClN4O/c22-18-17(19(23)14-7-3-1-4-8-14)21(24-16-11-12-27-13-16)26-25-20(18)15-9-5-2-6-10-15/h1-10,16,23H,11-13H2,(H,24,26). The summed E-state index contributed by atoms with van der Waals surface area (Å²) in [4.78, 5) is 0. The van der Waals surface area contributed by atoms with Gasteiger partial charge in [-0.25, -0.2) is 0 Å². The predicted octanol–water partition coefficient (Wildman–Crippen LogP) is 4.41. The molecule has 6 heteroatoms. The van der Waals surface area contributed by atoms with Gasteiger partial charge < -0.3 is 10.1 Å². The lowest BCUT2D eigenvalue weighted by molar-refractivity contribution is 0.195. The molecule has 1 aromatic heterocycles. The predicted molar refractivity (Wildman–Crippen MR) is 108 cm³/mol. The molecule has 0 amide bonds. The number of aromatic nitrogens is 2. The summed E-state index contributed by atoms with van der Waals surface area (Å²) in [6.45, 7) is 1.32. The first kappa shape index (κ1) is 17.6. The lowest BCUT2D eigenvalue weighted by atomic mass is 10.0. The topological polar surface area (TPSA) is 70.9 Å². The molecule has 1 fully saturated rings. The first-order valence-corrected chi connectivity index (χ1v) is 9.22. The Morgan fingerprint density at radius 1 is 1.04 bits per heavy atom. The van der Waals surface area contributed by atoms with Crippen LogP contribution in [0.2, 0.25) is 5.02 Å². The Labute approximate surface area is 162 Å². The van der Waals surface area contributed by atoms with Crippen molar-refractivity contribution in [2.75, 3.05) is 18.5 Å². The fourth-order valence-electron chi connectivity index (χ4n) is 3.12. The zero-order valence-electron chi connectivity index (χ0n) is 14.7. The van der Waals surface area contributed by atoms with E-state index in [-0.39, 0.29) is 6.04 Å². The second-order valence-electron chi connectivity index (χ2n) is 6.40. The third-order valence-electron chi connectivity index (χ3n) is 4.54. The summed E-state index contributed by atoms with van der Waals surface area (Å²) in [7, 11) is 0. The summed E-state index contributed by atoms with van der Waals surface area (Å²) < 4.78 is 5.44. The molecule has 1 aliphatic heterocycles. The van der Waals surface area contributed by atoms with Crippen molar-refractivity contribution in [3.8, 4) is 11.3 Å². The molecule has 2 N–H and O–H groups in total. The average Bonchev–Trinajstić information content (AvgIpc) is 3.22. The van der Waals surface area contributed by atoms with E-state index in [9.17, 15) is 0 Å². The molecule has 1 atom stereocenters. The number of ether oxygens (including phenoxy) is 1. The van der Waals surface area contributed by atoms with Crippen LogP contribution in [0.15, 0.2) is 60.7 Å². The van der Waals surface area contributed by atoms with Gasteiger partial charge in [-0.15, -0.1) is 10.2 Å². The van der Waals surface area contributed by atoms with Gasteiger partial charge in [-0.1, -0.05) is 72.3 Å². The number of anilines is 1. The van der Waals surface area contributed by atoms with Crippen molar-refractivity contribution in [2.45, 2.75) is 12.5 Å². The Morgan fingerprint density at radius 3 is 2.41 bits per heavy atom. The lowest BCUT2D eigenvalue weighted by Gasteiger charge is -2.18. The van der Waals surface area contributed by atoms with Crippen LogP contribution in [0.1, 0.15) is 17.5 Å². The molecule has 1 aliphatic rings. The number of hydrogen-bond donors (Lipinski definition) is 2. The Bertz CT molecular complexity index is 941.